The molecule has 0 radical (unpaired) electrons. The van der Waals surface area contributed by atoms with Crippen molar-refractivity contribution in [2.75, 3.05) is 0 Å². The molecule has 1 N–H and O–H groups in total. The molecule has 4 aromatic rings. The lowest BCUT2D eigenvalue weighted by molar-refractivity contribution is 0.0947. The van der Waals surface area contributed by atoms with E-state index in [1.54, 1.807) is 6.20 Å². The molecule has 0 aliphatic carbocycles. The zero-order chi connectivity index (χ0) is 16.5. The highest BCUT2D eigenvalue weighted by atomic mass is 16.1. The first-order valence-electron chi connectivity index (χ1n) is 7.77. The van der Waals surface area contributed by atoms with E-state index >= 15 is 0 Å². The average Bonchev–Trinajstić information content (AvgIpc) is 3.01. The highest BCUT2D eigenvalue weighted by molar-refractivity contribution is 6.05. The van der Waals surface area contributed by atoms with Gasteiger partial charge in [0.2, 0.25) is 0 Å². The number of hydrogen-bond donors (Lipinski definition) is 1. The molecule has 118 valence electrons. The minimum Gasteiger partial charge on any atom is -0.345 e. The van der Waals surface area contributed by atoms with Gasteiger partial charge in [-0.05, 0) is 36.1 Å². The summed E-state index contributed by atoms with van der Waals surface area (Å²) < 4.78 is 1.95. The number of nitrogens with one attached hydrogen (secondary N) is 1. The summed E-state index contributed by atoms with van der Waals surface area (Å²) in [6, 6.07) is 13.7. The van der Waals surface area contributed by atoms with Crippen molar-refractivity contribution in [1.29, 1.82) is 0 Å². The predicted molar refractivity (Wildman–Crippen MR) is 92.8 cm³/mol. The zero-order valence-corrected chi connectivity index (χ0v) is 13.2. The molecule has 1 aromatic carbocycles. The highest BCUT2D eigenvalue weighted by Gasteiger charge is 2.12. The third kappa shape index (κ3) is 2.60. The number of aromatic nitrogens is 3. The Bertz CT molecular complexity index is 1050. The van der Waals surface area contributed by atoms with Crippen LogP contribution >= 0.6 is 0 Å². The van der Waals surface area contributed by atoms with Crippen LogP contribution in [-0.2, 0) is 6.54 Å². The van der Waals surface area contributed by atoms with Gasteiger partial charge in [-0.15, -0.1) is 0 Å². The largest absolute Gasteiger partial charge is 0.345 e. The Balaban J connectivity index is 1.57. The van der Waals surface area contributed by atoms with Gasteiger partial charge in [0, 0.05) is 24.0 Å². The van der Waals surface area contributed by atoms with Crippen molar-refractivity contribution >= 4 is 22.3 Å². The summed E-state index contributed by atoms with van der Waals surface area (Å²) in [7, 11) is 0. The van der Waals surface area contributed by atoms with Gasteiger partial charge in [-0.2, -0.15) is 0 Å². The van der Waals surface area contributed by atoms with Crippen LogP contribution in [0.4, 0.5) is 0 Å². The van der Waals surface area contributed by atoms with Crippen molar-refractivity contribution in [3.63, 3.8) is 0 Å². The molecule has 3 aromatic heterocycles. The number of amides is 1. The molecule has 0 saturated heterocycles. The molecule has 5 nitrogen and oxygen atoms in total. The summed E-state index contributed by atoms with van der Waals surface area (Å²) >= 11 is 0. The normalized spacial score (nSPS) is 11.0. The molecule has 0 bridgehead atoms. The molecular weight excluding hydrogens is 300 g/mol. The van der Waals surface area contributed by atoms with Crippen molar-refractivity contribution in [2.45, 2.75) is 13.5 Å². The molecule has 1 amide bonds. The number of fused-ring (bicyclic) bond motifs is 2. The maximum Gasteiger partial charge on any atom is 0.270 e. The summed E-state index contributed by atoms with van der Waals surface area (Å²) in [5.74, 6) is -0.194. The van der Waals surface area contributed by atoms with E-state index in [9.17, 15) is 4.79 Å². The smallest absolute Gasteiger partial charge is 0.270 e. The molecule has 4 rings (SSSR count). The van der Waals surface area contributed by atoms with Crippen molar-refractivity contribution in [1.82, 2.24) is 19.7 Å². The van der Waals surface area contributed by atoms with E-state index in [2.05, 4.69) is 15.3 Å². The van der Waals surface area contributed by atoms with Gasteiger partial charge in [-0.1, -0.05) is 24.3 Å². The number of carbonyl (C=O) groups is 1. The number of pyridine rings is 2. The molecule has 0 atom stereocenters. The Labute approximate surface area is 139 Å². The quantitative estimate of drug-likeness (QED) is 0.632. The molecular formula is C19H16N4O. The number of rotatable bonds is 3. The average molecular weight is 316 g/mol. The minimum absolute atomic E-state index is 0.194. The summed E-state index contributed by atoms with van der Waals surface area (Å²) in [5, 5.41) is 4.76. The van der Waals surface area contributed by atoms with Crippen LogP contribution in [0.15, 0.2) is 61.1 Å². The summed E-state index contributed by atoms with van der Waals surface area (Å²) in [5.41, 5.74) is 3.29. The Hall–Kier alpha value is -3.21. The standard InChI is InChI=1S/C19H16N4O/c1-13-7-9-23-12-15(22-17(23)10-13)11-21-19(24)18-16-5-3-2-4-14(16)6-8-20-18/h2-10,12H,11H2,1H3,(H,21,24). The van der Waals surface area contributed by atoms with Gasteiger partial charge in [0.05, 0.1) is 12.2 Å². The fourth-order valence-electron chi connectivity index (χ4n) is 2.78. The van der Waals surface area contributed by atoms with Gasteiger partial charge in [0.1, 0.15) is 11.3 Å². The molecule has 24 heavy (non-hydrogen) atoms. The first-order chi connectivity index (χ1) is 11.7. The second kappa shape index (κ2) is 5.77. The lowest BCUT2D eigenvalue weighted by Crippen LogP contribution is -2.24. The maximum absolute atomic E-state index is 12.5. The summed E-state index contributed by atoms with van der Waals surface area (Å²) in [4.78, 5) is 21.3. The second-order valence-corrected chi connectivity index (χ2v) is 5.77. The Morgan fingerprint density at radius 3 is 3.00 bits per heavy atom. The topological polar surface area (TPSA) is 59.3 Å². The molecule has 5 heteroatoms. The van der Waals surface area contributed by atoms with Crippen LogP contribution < -0.4 is 5.32 Å². The number of aryl methyl sites for hydroxylation is 1. The minimum atomic E-state index is -0.194. The Morgan fingerprint density at radius 2 is 2.08 bits per heavy atom. The van der Waals surface area contributed by atoms with Gasteiger partial charge in [-0.3, -0.25) is 9.78 Å². The van der Waals surface area contributed by atoms with E-state index in [0.717, 1.165) is 27.7 Å². The van der Waals surface area contributed by atoms with Gasteiger partial charge in [0.15, 0.2) is 0 Å². The first-order valence-corrected chi connectivity index (χ1v) is 7.77. The van der Waals surface area contributed by atoms with Crippen LogP contribution in [0.1, 0.15) is 21.7 Å². The number of hydrogen-bond acceptors (Lipinski definition) is 3. The lowest BCUT2D eigenvalue weighted by atomic mass is 10.1. The lowest BCUT2D eigenvalue weighted by Gasteiger charge is -2.05. The van der Waals surface area contributed by atoms with Crippen molar-refractivity contribution in [3.8, 4) is 0 Å². The Kier molecular flexibility index (Phi) is 3.46. The molecule has 0 spiro atoms. The summed E-state index contributed by atoms with van der Waals surface area (Å²) in [6.45, 7) is 2.40. The third-order valence-electron chi connectivity index (χ3n) is 3.98. The van der Waals surface area contributed by atoms with Gasteiger partial charge < -0.3 is 9.72 Å². The van der Waals surface area contributed by atoms with Crippen molar-refractivity contribution in [2.24, 2.45) is 0 Å². The zero-order valence-electron chi connectivity index (χ0n) is 13.2. The van der Waals surface area contributed by atoms with E-state index in [0.29, 0.717) is 12.2 Å². The Morgan fingerprint density at radius 1 is 1.21 bits per heavy atom. The number of imidazole rings is 1. The van der Waals surface area contributed by atoms with Crippen LogP contribution in [0.25, 0.3) is 16.4 Å². The SMILES string of the molecule is Cc1ccn2cc(CNC(=O)c3nccc4ccccc34)nc2c1. The molecule has 0 unspecified atom stereocenters. The van der Waals surface area contributed by atoms with E-state index in [1.165, 1.54) is 0 Å². The fraction of sp³-hybridized carbons (Fsp3) is 0.105. The van der Waals surface area contributed by atoms with Crippen molar-refractivity contribution < 1.29 is 4.79 Å². The predicted octanol–water partition coefficient (Wildman–Crippen LogP) is 3.12. The van der Waals surface area contributed by atoms with Gasteiger partial charge in [-0.25, -0.2) is 4.98 Å². The van der Waals surface area contributed by atoms with Crippen LogP contribution in [0, 0.1) is 6.92 Å². The molecule has 0 aliphatic heterocycles. The van der Waals surface area contributed by atoms with Crippen LogP contribution in [-0.4, -0.2) is 20.3 Å². The number of benzene rings is 1. The van der Waals surface area contributed by atoms with E-state index in [1.807, 2.05) is 66.2 Å². The molecule has 3 heterocycles. The van der Waals surface area contributed by atoms with Crippen LogP contribution in [0.5, 0.6) is 0 Å². The maximum atomic E-state index is 12.5. The van der Waals surface area contributed by atoms with E-state index in [-0.39, 0.29) is 5.91 Å². The third-order valence-corrected chi connectivity index (χ3v) is 3.98. The molecule has 0 fully saturated rings. The van der Waals surface area contributed by atoms with Gasteiger partial charge >= 0.3 is 0 Å². The number of nitrogens with zero attached hydrogens (tertiary/aromatic N) is 3. The highest BCUT2D eigenvalue weighted by Crippen LogP contribution is 2.16. The fourth-order valence-corrected chi connectivity index (χ4v) is 2.78. The number of carbonyl (C=O) groups excluding carboxylic acids is 1. The second-order valence-electron chi connectivity index (χ2n) is 5.77. The molecule has 0 aliphatic rings. The molecule has 0 saturated carbocycles. The van der Waals surface area contributed by atoms with Crippen molar-refractivity contribution in [3.05, 3.63) is 78.0 Å². The first kappa shape index (κ1) is 14.4. The van der Waals surface area contributed by atoms with E-state index < -0.39 is 0 Å². The summed E-state index contributed by atoms with van der Waals surface area (Å²) in [6.07, 6.45) is 5.55. The van der Waals surface area contributed by atoms with Crippen LogP contribution in [0.3, 0.4) is 0 Å². The van der Waals surface area contributed by atoms with Gasteiger partial charge in [0.25, 0.3) is 5.91 Å². The van der Waals surface area contributed by atoms with E-state index in [4.69, 9.17) is 0 Å². The van der Waals surface area contributed by atoms with Crippen LogP contribution in [0.2, 0.25) is 0 Å². The monoisotopic (exact) mass is 316 g/mol.